The lowest BCUT2D eigenvalue weighted by Gasteiger charge is -2.23. The van der Waals surface area contributed by atoms with Crippen molar-refractivity contribution >= 4 is 28.3 Å². The highest BCUT2D eigenvalue weighted by atomic mass is 79.9. The molecule has 0 radical (unpaired) electrons. The number of halogens is 2. The first kappa shape index (κ1) is 18.8. The molecule has 0 spiro atoms. The second kappa shape index (κ2) is 9.70. The van der Waals surface area contributed by atoms with Gasteiger partial charge in [-0.05, 0) is 71.8 Å². The zero-order chi connectivity index (χ0) is 14.4. The van der Waals surface area contributed by atoms with Crippen molar-refractivity contribution < 1.29 is 4.74 Å². The van der Waals surface area contributed by atoms with Crippen LogP contribution in [0.5, 0.6) is 5.75 Å². The molecule has 2 nitrogen and oxygen atoms in total. The molecule has 0 aromatic heterocycles. The fourth-order valence-electron chi connectivity index (χ4n) is 2.66. The molecule has 2 rings (SSSR count). The van der Waals surface area contributed by atoms with Gasteiger partial charge < -0.3 is 10.1 Å². The molecule has 1 fully saturated rings. The van der Waals surface area contributed by atoms with Crippen LogP contribution in [-0.2, 0) is 0 Å². The molecule has 0 aliphatic carbocycles. The van der Waals surface area contributed by atoms with Crippen LogP contribution in [0.25, 0.3) is 0 Å². The lowest BCUT2D eigenvalue weighted by atomic mass is 9.99. The fourth-order valence-corrected chi connectivity index (χ4v) is 3.17. The molecule has 1 aromatic rings. The van der Waals surface area contributed by atoms with E-state index in [0.717, 1.165) is 29.8 Å². The first-order valence-electron chi connectivity index (χ1n) is 7.86. The third kappa shape index (κ3) is 5.80. The minimum Gasteiger partial charge on any atom is -0.492 e. The first-order chi connectivity index (χ1) is 9.70. The zero-order valence-electron chi connectivity index (χ0n) is 13.0. The van der Waals surface area contributed by atoms with E-state index >= 15 is 0 Å². The Morgan fingerprint density at radius 3 is 2.81 bits per heavy atom. The summed E-state index contributed by atoms with van der Waals surface area (Å²) in [6.45, 7) is 6.44. The van der Waals surface area contributed by atoms with Crippen molar-refractivity contribution in [1.29, 1.82) is 0 Å². The third-order valence-corrected chi connectivity index (χ3v) is 4.89. The minimum atomic E-state index is 0. The molecule has 21 heavy (non-hydrogen) atoms. The van der Waals surface area contributed by atoms with Crippen molar-refractivity contribution in [3.8, 4) is 5.75 Å². The molecule has 120 valence electrons. The number of piperidine rings is 1. The van der Waals surface area contributed by atoms with Crippen LogP contribution in [0, 0.1) is 0 Å². The van der Waals surface area contributed by atoms with Gasteiger partial charge in [0.05, 0.1) is 11.1 Å². The molecule has 1 aliphatic rings. The monoisotopic (exact) mass is 375 g/mol. The van der Waals surface area contributed by atoms with Gasteiger partial charge in [0.15, 0.2) is 0 Å². The molecule has 1 saturated heterocycles. The zero-order valence-corrected chi connectivity index (χ0v) is 15.4. The van der Waals surface area contributed by atoms with E-state index in [4.69, 9.17) is 4.74 Å². The van der Waals surface area contributed by atoms with Gasteiger partial charge in [-0.15, -0.1) is 12.4 Å². The number of nitrogens with one attached hydrogen (secondary N) is 1. The Hall–Kier alpha value is -0.250. The van der Waals surface area contributed by atoms with Gasteiger partial charge in [0.2, 0.25) is 0 Å². The molecule has 1 aromatic carbocycles. The van der Waals surface area contributed by atoms with Gasteiger partial charge in [-0.25, -0.2) is 0 Å². The number of benzene rings is 1. The van der Waals surface area contributed by atoms with Gasteiger partial charge in [-0.1, -0.05) is 26.3 Å². The summed E-state index contributed by atoms with van der Waals surface area (Å²) >= 11 is 3.63. The van der Waals surface area contributed by atoms with E-state index < -0.39 is 0 Å². The number of rotatable bonds is 6. The SMILES string of the molecule is CCC(C)c1ccc(OCCC2CCCCN2)c(Br)c1.Cl. The normalized spacial score (nSPS) is 19.7. The van der Waals surface area contributed by atoms with Gasteiger partial charge in [0, 0.05) is 6.04 Å². The Morgan fingerprint density at radius 1 is 1.38 bits per heavy atom. The molecule has 2 unspecified atom stereocenters. The van der Waals surface area contributed by atoms with E-state index in [2.05, 4.69) is 53.3 Å². The standard InChI is InChI=1S/C17H26BrNO.ClH/c1-3-13(2)14-7-8-17(16(18)12-14)20-11-9-15-6-4-5-10-19-15;/h7-8,12-13,15,19H,3-6,9-11H2,1-2H3;1H. The van der Waals surface area contributed by atoms with Gasteiger partial charge >= 0.3 is 0 Å². The summed E-state index contributed by atoms with van der Waals surface area (Å²) in [7, 11) is 0. The summed E-state index contributed by atoms with van der Waals surface area (Å²) in [5.74, 6) is 1.57. The van der Waals surface area contributed by atoms with E-state index in [9.17, 15) is 0 Å². The van der Waals surface area contributed by atoms with Crippen LogP contribution in [0.1, 0.15) is 57.4 Å². The van der Waals surface area contributed by atoms with E-state index in [1.807, 2.05) is 0 Å². The molecule has 0 bridgehead atoms. The molecule has 0 saturated carbocycles. The average Bonchev–Trinajstić information content (AvgIpc) is 2.49. The van der Waals surface area contributed by atoms with Crippen molar-refractivity contribution in [2.75, 3.05) is 13.2 Å². The van der Waals surface area contributed by atoms with E-state index in [1.165, 1.54) is 31.2 Å². The Balaban J connectivity index is 0.00000220. The maximum atomic E-state index is 5.92. The topological polar surface area (TPSA) is 21.3 Å². The largest absolute Gasteiger partial charge is 0.492 e. The Kier molecular flexibility index (Phi) is 8.69. The summed E-state index contributed by atoms with van der Waals surface area (Å²) in [6.07, 6.45) is 6.22. The predicted octanol–water partition coefficient (Wildman–Crippen LogP) is 5.30. The van der Waals surface area contributed by atoms with Crippen LogP contribution in [0.15, 0.2) is 22.7 Å². The third-order valence-electron chi connectivity index (χ3n) is 4.27. The lowest BCUT2D eigenvalue weighted by molar-refractivity contribution is 0.267. The van der Waals surface area contributed by atoms with Gasteiger partial charge in [-0.2, -0.15) is 0 Å². The van der Waals surface area contributed by atoms with Crippen molar-refractivity contribution in [2.24, 2.45) is 0 Å². The smallest absolute Gasteiger partial charge is 0.133 e. The molecule has 4 heteroatoms. The van der Waals surface area contributed by atoms with E-state index in [0.29, 0.717) is 12.0 Å². The van der Waals surface area contributed by atoms with E-state index in [1.54, 1.807) is 0 Å². The molecule has 0 amide bonds. The summed E-state index contributed by atoms with van der Waals surface area (Å²) in [6, 6.07) is 7.12. The highest BCUT2D eigenvalue weighted by Crippen LogP contribution is 2.30. The van der Waals surface area contributed by atoms with Gasteiger partial charge in [0.25, 0.3) is 0 Å². The highest BCUT2D eigenvalue weighted by molar-refractivity contribution is 9.10. The van der Waals surface area contributed by atoms with Crippen LogP contribution < -0.4 is 10.1 Å². The van der Waals surface area contributed by atoms with Gasteiger partial charge in [0.1, 0.15) is 5.75 Å². The van der Waals surface area contributed by atoms with Gasteiger partial charge in [-0.3, -0.25) is 0 Å². The lowest BCUT2D eigenvalue weighted by Crippen LogP contribution is -2.35. The number of hydrogen-bond donors (Lipinski definition) is 1. The Labute approximate surface area is 143 Å². The fraction of sp³-hybridized carbons (Fsp3) is 0.647. The van der Waals surface area contributed by atoms with Crippen molar-refractivity contribution in [3.63, 3.8) is 0 Å². The second-order valence-electron chi connectivity index (χ2n) is 5.78. The Bertz CT molecular complexity index is 421. The van der Waals surface area contributed by atoms with Crippen molar-refractivity contribution in [2.45, 2.75) is 57.9 Å². The average molecular weight is 377 g/mol. The van der Waals surface area contributed by atoms with E-state index in [-0.39, 0.29) is 12.4 Å². The number of hydrogen-bond acceptors (Lipinski definition) is 2. The van der Waals surface area contributed by atoms with Crippen LogP contribution in [0.3, 0.4) is 0 Å². The molecular formula is C17H27BrClNO. The quantitative estimate of drug-likeness (QED) is 0.728. The molecule has 2 atom stereocenters. The maximum absolute atomic E-state index is 5.92. The molecule has 1 heterocycles. The van der Waals surface area contributed by atoms with Crippen LogP contribution >= 0.6 is 28.3 Å². The summed E-state index contributed by atoms with van der Waals surface area (Å²) in [5, 5.41) is 3.56. The van der Waals surface area contributed by atoms with Crippen molar-refractivity contribution in [1.82, 2.24) is 5.32 Å². The first-order valence-corrected chi connectivity index (χ1v) is 8.65. The van der Waals surface area contributed by atoms with Crippen LogP contribution in [0.2, 0.25) is 0 Å². The molecular weight excluding hydrogens is 350 g/mol. The number of ether oxygens (including phenoxy) is 1. The highest BCUT2D eigenvalue weighted by Gasteiger charge is 2.13. The van der Waals surface area contributed by atoms with Crippen molar-refractivity contribution in [3.05, 3.63) is 28.2 Å². The Morgan fingerprint density at radius 2 is 2.19 bits per heavy atom. The minimum absolute atomic E-state index is 0. The van der Waals surface area contributed by atoms with Crippen LogP contribution in [0.4, 0.5) is 0 Å². The summed E-state index contributed by atoms with van der Waals surface area (Å²) < 4.78 is 7.00. The predicted molar refractivity (Wildman–Crippen MR) is 95.8 cm³/mol. The second-order valence-corrected chi connectivity index (χ2v) is 6.64. The maximum Gasteiger partial charge on any atom is 0.133 e. The molecule has 1 aliphatic heterocycles. The summed E-state index contributed by atoms with van der Waals surface area (Å²) in [4.78, 5) is 0. The van der Waals surface area contributed by atoms with Crippen LogP contribution in [-0.4, -0.2) is 19.2 Å². The summed E-state index contributed by atoms with van der Waals surface area (Å²) in [5.41, 5.74) is 1.38. The molecule has 1 N–H and O–H groups in total.